The van der Waals surface area contributed by atoms with Gasteiger partial charge in [0.05, 0.1) is 0 Å². The van der Waals surface area contributed by atoms with Gasteiger partial charge in [-0.3, -0.25) is 4.79 Å². The van der Waals surface area contributed by atoms with E-state index in [1.54, 1.807) is 0 Å². The van der Waals surface area contributed by atoms with Gasteiger partial charge in [-0.2, -0.15) is 0 Å². The number of rotatable bonds is 8. The van der Waals surface area contributed by atoms with Crippen LogP contribution in [0, 0.1) is 5.92 Å². The van der Waals surface area contributed by atoms with Crippen molar-refractivity contribution in [2.45, 2.75) is 25.3 Å². The summed E-state index contributed by atoms with van der Waals surface area (Å²) in [7, 11) is 1.36. The third kappa shape index (κ3) is 6.06. The summed E-state index contributed by atoms with van der Waals surface area (Å²) in [4.78, 5) is 29.4. The van der Waals surface area contributed by atoms with E-state index in [-0.39, 0.29) is 18.1 Å². The minimum atomic E-state index is -1.12. The topological polar surface area (TPSA) is 97.2 Å². The second-order valence-corrected chi connectivity index (χ2v) is 7.70. The lowest BCUT2D eigenvalue weighted by atomic mass is 9.93. The van der Waals surface area contributed by atoms with Crippen molar-refractivity contribution < 1.29 is 24.3 Å². The molecule has 7 nitrogen and oxygen atoms in total. The lowest BCUT2D eigenvalue weighted by molar-refractivity contribution is -0.141. The standard InChI is InChI=1S/C23H25ClN2O5/c1-30-26-21(17-10-12-31-13-11-17)22(27)25-20(23(28)29)14-15-6-8-16(9-7-15)18-4-2-3-5-19(18)24/h2-9,17,20H,10-14H2,1H3,(H,25,27)(H,28,29)/t20-/m0/s1. The number of carboxylic acids is 1. The molecule has 8 heteroatoms. The molecule has 31 heavy (non-hydrogen) atoms. The lowest BCUT2D eigenvalue weighted by Crippen LogP contribution is -2.47. The molecule has 1 atom stereocenters. The van der Waals surface area contributed by atoms with Gasteiger partial charge in [0.15, 0.2) is 0 Å². The Morgan fingerprint density at radius 2 is 1.87 bits per heavy atom. The van der Waals surface area contributed by atoms with E-state index in [1.807, 2.05) is 48.5 Å². The maximum Gasteiger partial charge on any atom is 0.326 e. The summed E-state index contributed by atoms with van der Waals surface area (Å²) >= 11 is 6.25. The minimum absolute atomic E-state index is 0.127. The average Bonchev–Trinajstić information content (AvgIpc) is 2.78. The Morgan fingerprint density at radius 3 is 2.48 bits per heavy atom. The molecule has 1 aliphatic rings. The molecule has 1 saturated heterocycles. The van der Waals surface area contributed by atoms with E-state index in [9.17, 15) is 14.7 Å². The molecule has 1 amide bonds. The van der Waals surface area contributed by atoms with E-state index >= 15 is 0 Å². The highest BCUT2D eigenvalue weighted by Crippen LogP contribution is 2.27. The Labute approximate surface area is 186 Å². The van der Waals surface area contributed by atoms with Crippen LogP contribution in [0.25, 0.3) is 11.1 Å². The monoisotopic (exact) mass is 444 g/mol. The largest absolute Gasteiger partial charge is 0.480 e. The Balaban J connectivity index is 1.70. The fraction of sp³-hybridized carbons (Fsp3) is 0.348. The molecule has 0 unspecified atom stereocenters. The van der Waals surface area contributed by atoms with Crippen molar-refractivity contribution in [1.82, 2.24) is 5.32 Å². The average molecular weight is 445 g/mol. The second kappa shape index (κ2) is 10.9. The van der Waals surface area contributed by atoms with E-state index in [4.69, 9.17) is 21.2 Å². The summed E-state index contributed by atoms with van der Waals surface area (Å²) in [6.07, 6.45) is 1.41. The minimum Gasteiger partial charge on any atom is -0.480 e. The number of halogens is 1. The van der Waals surface area contributed by atoms with Gasteiger partial charge in [-0.25, -0.2) is 4.79 Å². The second-order valence-electron chi connectivity index (χ2n) is 7.29. The maximum absolute atomic E-state index is 12.8. The van der Waals surface area contributed by atoms with Gasteiger partial charge < -0.3 is 20.0 Å². The summed E-state index contributed by atoms with van der Waals surface area (Å²) in [5.41, 5.74) is 2.81. The Hall–Kier alpha value is -2.90. The molecule has 0 radical (unpaired) electrons. The first kappa shape index (κ1) is 22.8. The molecular weight excluding hydrogens is 420 g/mol. The summed E-state index contributed by atoms with van der Waals surface area (Å²) in [5, 5.41) is 16.7. The number of hydrogen-bond acceptors (Lipinski definition) is 5. The molecule has 1 heterocycles. The molecule has 0 aromatic heterocycles. The van der Waals surface area contributed by atoms with Crippen molar-refractivity contribution in [1.29, 1.82) is 0 Å². The molecule has 0 aliphatic carbocycles. The van der Waals surface area contributed by atoms with Gasteiger partial charge in [0.25, 0.3) is 5.91 Å². The molecule has 0 saturated carbocycles. The van der Waals surface area contributed by atoms with Crippen molar-refractivity contribution in [3.8, 4) is 11.1 Å². The Bertz CT molecular complexity index is 939. The maximum atomic E-state index is 12.8. The van der Waals surface area contributed by atoms with Crippen LogP contribution < -0.4 is 5.32 Å². The first-order chi connectivity index (χ1) is 15.0. The zero-order valence-corrected chi connectivity index (χ0v) is 18.0. The highest BCUT2D eigenvalue weighted by molar-refractivity contribution is 6.39. The van der Waals surface area contributed by atoms with E-state index in [1.165, 1.54) is 7.11 Å². The normalized spacial score (nSPS) is 15.9. The SMILES string of the molecule is CON=C(C(=O)N[C@@H](Cc1ccc(-c2ccccc2Cl)cc1)C(=O)O)C1CCOCC1. The molecule has 1 fully saturated rings. The summed E-state index contributed by atoms with van der Waals surface area (Å²) in [5.74, 6) is -1.78. The zero-order valence-electron chi connectivity index (χ0n) is 17.2. The lowest BCUT2D eigenvalue weighted by Gasteiger charge is -2.23. The van der Waals surface area contributed by atoms with Gasteiger partial charge >= 0.3 is 5.97 Å². The van der Waals surface area contributed by atoms with Gasteiger partial charge in [-0.05, 0) is 30.0 Å². The van der Waals surface area contributed by atoms with Gasteiger partial charge in [0, 0.05) is 36.1 Å². The predicted octanol–water partition coefficient (Wildman–Crippen LogP) is 3.55. The van der Waals surface area contributed by atoms with Crippen LogP contribution >= 0.6 is 11.6 Å². The number of hydrogen-bond donors (Lipinski definition) is 2. The van der Waals surface area contributed by atoms with Crippen molar-refractivity contribution in [2.24, 2.45) is 11.1 Å². The van der Waals surface area contributed by atoms with Gasteiger partial charge in [0.2, 0.25) is 0 Å². The summed E-state index contributed by atoms with van der Waals surface area (Å²) in [6.45, 7) is 1.06. The van der Waals surface area contributed by atoms with E-state index in [0.717, 1.165) is 16.7 Å². The van der Waals surface area contributed by atoms with Crippen LogP contribution in [0.1, 0.15) is 18.4 Å². The Morgan fingerprint density at radius 1 is 1.19 bits per heavy atom. The number of carbonyl (C=O) groups is 2. The van der Waals surface area contributed by atoms with E-state index in [0.29, 0.717) is 31.1 Å². The highest BCUT2D eigenvalue weighted by Gasteiger charge is 2.29. The van der Waals surface area contributed by atoms with Crippen molar-refractivity contribution in [3.63, 3.8) is 0 Å². The molecular formula is C23H25ClN2O5. The number of oxime groups is 1. The summed E-state index contributed by atoms with van der Waals surface area (Å²) in [6, 6.07) is 13.9. The van der Waals surface area contributed by atoms with Crippen molar-refractivity contribution in [3.05, 3.63) is 59.1 Å². The molecule has 2 aromatic rings. The van der Waals surface area contributed by atoms with Crippen molar-refractivity contribution >= 4 is 29.2 Å². The number of nitrogens with one attached hydrogen (secondary N) is 1. The van der Waals surface area contributed by atoms with Crippen LogP contribution in [0.15, 0.2) is 53.7 Å². The van der Waals surface area contributed by atoms with Crippen LogP contribution in [-0.4, -0.2) is 49.1 Å². The number of amides is 1. The molecule has 1 aliphatic heterocycles. The smallest absolute Gasteiger partial charge is 0.326 e. The molecule has 164 valence electrons. The number of nitrogens with zero attached hydrogens (tertiary/aromatic N) is 1. The molecule has 2 N–H and O–H groups in total. The fourth-order valence-electron chi connectivity index (χ4n) is 3.55. The molecule has 0 bridgehead atoms. The Kier molecular flexibility index (Phi) is 8.03. The van der Waals surface area contributed by atoms with E-state index in [2.05, 4.69) is 10.5 Å². The van der Waals surface area contributed by atoms with Crippen LogP contribution in [0.4, 0.5) is 0 Å². The number of ether oxygens (including phenoxy) is 1. The quantitative estimate of drug-likeness (QED) is 0.479. The predicted molar refractivity (Wildman–Crippen MR) is 118 cm³/mol. The number of aliphatic carboxylic acids is 1. The number of carboxylic acid groups (broad SMARTS) is 1. The van der Waals surface area contributed by atoms with Crippen LogP contribution in [0.3, 0.4) is 0 Å². The van der Waals surface area contributed by atoms with Crippen molar-refractivity contribution in [2.75, 3.05) is 20.3 Å². The zero-order chi connectivity index (χ0) is 22.2. The molecule has 2 aromatic carbocycles. The number of benzene rings is 2. The van der Waals surface area contributed by atoms with Crippen LogP contribution in [0.5, 0.6) is 0 Å². The first-order valence-corrected chi connectivity index (χ1v) is 10.4. The molecule has 0 spiro atoms. The highest BCUT2D eigenvalue weighted by atomic mass is 35.5. The van der Waals surface area contributed by atoms with E-state index < -0.39 is 17.9 Å². The summed E-state index contributed by atoms with van der Waals surface area (Å²) < 4.78 is 5.33. The third-order valence-electron chi connectivity index (χ3n) is 5.21. The van der Waals surface area contributed by atoms with Crippen LogP contribution in [-0.2, 0) is 25.6 Å². The third-order valence-corrected chi connectivity index (χ3v) is 5.54. The van der Waals surface area contributed by atoms with Crippen LogP contribution in [0.2, 0.25) is 5.02 Å². The first-order valence-electron chi connectivity index (χ1n) is 10.1. The molecule has 3 rings (SSSR count). The van der Waals surface area contributed by atoms with Gasteiger partial charge in [-0.15, -0.1) is 0 Å². The van der Waals surface area contributed by atoms with Gasteiger partial charge in [0.1, 0.15) is 18.9 Å². The van der Waals surface area contributed by atoms with Gasteiger partial charge in [-0.1, -0.05) is 59.2 Å². The fourth-order valence-corrected chi connectivity index (χ4v) is 3.80. The number of carbonyl (C=O) groups excluding carboxylic acids is 1.